The van der Waals surface area contributed by atoms with Gasteiger partial charge in [-0.2, -0.15) is 0 Å². The highest BCUT2D eigenvalue weighted by atomic mass is 19.1. The monoisotopic (exact) mass is 238 g/mol. The van der Waals surface area contributed by atoms with Gasteiger partial charge in [-0.3, -0.25) is 4.90 Å². The van der Waals surface area contributed by atoms with E-state index >= 15 is 0 Å². The van der Waals surface area contributed by atoms with Gasteiger partial charge in [-0.15, -0.1) is 0 Å². The van der Waals surface area contributed by atoms with Crippen LogP contribution in [0.1, 0.15) is 24.4 Å². The lowest BCUT2D eigenvalue weighted by Crippen LogP contribution is -2.40. The summed E-state index contributed by atoms with van der Waals surface area (Å²) in [5, 5.41) is 0. The van der Waals surface area contributed by atoms with Gasteiger partial charge in [-0.1, -0.05) is 6.07 Å². The normalized spacial score (nSPS) is 25.9. The Hall–Kier alpha value is -1.13. The van der Waals surface area contributed by atoms with Gasteiger partial charge in [0.05, 0.1) is 7.11 Å². The van der Waals surface area contributed by atoms with E-state index in [9.17, 15) is 4.39 Å². The van der Waals surface area contributed by atoms with Crippen LogP contribution in [0.2, 0.25) is 0 Å². The van der Waals surface area contributed by atoms with E-state index in [4.69, 9.17) is 10.5 Å². The molecule has 1 aliphatic heterocycles. The van der Waals surface area contributed by atoms with Gasteiger partial charge in [0.25, 0.3) is 0 Å². The maximum atomic E-state index is 14.0. The number of hydrogen-bond donors (Lipinski definition) is 1. The van der Waals surface area contributed by atoms with Crippen molar-refractivity contribution in [3.8, 4) is 5.75 Å². The Bertz CT molecular complexity index is 397. The maximum absolute atomic E-state index is 14.0. The van der Waals surface area contributed by atoms with Gasteiger partial charge in [0.15, 0.2) is 0 Å². The molecule has 17 heavy (non-hydrogen) atoms. The van der Waals surface area contributed by atoms with Crippen molar-refractivity contribution in [2.24, 2.45) is 5.73 Å². The minimum absolute atomic E-state index is 0.0738. The zero-order chi connectivity index (χ0) is 12.4. The molecule has 2 N–H and O–H groups in total. The zero-order valence-electron chi connectivity index (χ0n) is 10.3. The first-order valence-corrected chi connectivity index (χ1v) is 5.91. The molecular weight excluding hydrogens is 219 g/mol. The van der Waals surface area contributed by atoms with Gasteiger partial charge in [0, 0.05) is 23.7 Å². The molecule has 0 bridgehead atoms. The highest BCUT2D eigenvalue weighted by molar-refractivity contribution is 5.31. The lowest BCUT2D eigenvalue weighted by Gasteiger charge is -2.36. The first-order chi connectivity index (χ1) is 8.11. The van der Waals surface area contributed by atoms with Crippen LogP contribution < -0.4 is 10.5 Å². The van der Waals surface area contributed by atoms with Crippen LogP contribution in [-0.4, -0.2) is 31.6 Å². The molecule has 4 heteroatoms. The van der Waals surface area contributed by atoms with Crippen LogP contribution in [0.15, 0.2) is 18.2 Å². The third-order valence-electron chi connectivity index (χ3n) is 3.48. The molecule has 0 aromatic heterocycles. The average molecular weight is 238 g/mol. The molecule has 2 atom stereocenters. The first kappa shape index (κ1) is 12.3. The molecule has 0 spiro atoms. The van der Waals surface area contributed by atoms with Gasteiger partial charge < -0.3 is 10.5 Å². The van der Waals surface area contributed by atoms with Crippen LogP contribution >= 0.6 is 0 Å². The summed E-state index contributed by atoms with van der Waals surface area (Å²) in [5.74, 6) is 0.337. The summed E-state index contributed by atoms with van der Waals surface area (Å²) in [6.07, 6.45) is 1.78. The minimum atomic E-state index is -0.213. The Morgan fingerprint density at radius 1 is 1.47 bits per heavy atom. The van der Waals surface area contributed by atoms with Crippen molar-refractivity contribution >= 4 is 0 Å². The van der Waals surface area contributed by atoms with E-state index < -0.39 is 0 Å². The summed E-state index contributed by atoms with van der Waals surface area (Å²) in [4.78, 5) is 2.16. The summed E-state index contributed by atoms with van der Waals surface area (Å²) < 4.78 is 19.0. The van der Waals surface area contributed by atoms with E-state index in [1.54, 1.807) is 12.1 Å². The standard InChI is InChI=1S/C13H19FN2O/c1-16-6-5-9(15)7-13(16)11-4-3-10(17-2)8-12(11)14/h3-4,8-9,13H,5-7,15H2,1-2H3. The molecular formula is C13H19FN2O. The number of piperidine rings is 1. The number of rotatable bonds is 2. The van der Waals surface area contributed by atoms with Crippen LogP contribution in [0.4, 0.5) is 4.39 Å². The number of benzene rings is 1. The van der Waals surface area contributed by atoms with Gasteiger partial charge in [-0.05, 0) is 32.5 Å². The fourth-order valence-electron chi connectivity index (χ4n) is 2.38. The summed E-state index contributed by atoms with van der Waals surface area (Å²) in [6, 6.07) is 5.27. The second-order valence-electron chi connectivity index (χ2n) is 4.67. The Balaban J connectivity index is 2.26. The molecule has 3 nitrogen and oxygen atoms in total. The van der Waals surface area contributed by atoms with Crippen molar-refractivity contribution in [1.29, 1.82) is 0 Å². The van der Waals surface area contributed by atoms with E-state index in [2.05, 4.69) is 4.90 Å². The molecule has 0 aliphatic carbocycles. The minimum Gasteiger partial charge on any atom is -0.497 e. The summed E-state index contributed by atoms with van der Waals surface area (Å²) in [7, 11) is 3.55. The number of nitrogens with two attached hydrogens (primary N) is 1. The maximum Gasteiger partial charge on any atom is 0.131 e. The van der Waals surface area contributed by atoms with E-state index in [0.29, 0.717) is 11.3 Å². The predicted molar refractivity (Wildman–Crippen MR) is 65.5 cm³/mol. The van der Waals surface area contributed by atoms with E-state index in [0.717, 1.165) is 19.4 Å². The molecule has 0 amide bonds. The summed E-state index contributed by atoms with van der Waals surface area (Å²) in [6.45, 7) is 0.914. The van der Waals surface area contributed by atoms with Gasteiger partial charge in [0.1, 0.15) is 11.6 Å². The van der Waals surface area contributed by atoms with E-state index in [-0.39, 0.29) is 17.9 Å². The van der Waals surface area contributed by atoms with Gasteiger partial charge >= 0.3 is 0 Å². The van der Waals surface area contributed by atoms with Gasteiger partial charge in [-0.25, -0.2) is 4.39 Å². The molecule has 1 aromatic rings. The Morgan fingerprint density at radius 2 is 2.24 bits per heavy atom. The van der Waals surface area contributed by atoms with Crippen LogP contribution in [0, 0.1) is 5.82 Å². The van der Waals surface area contributed by atoms with E-state index in [1.165, 1.54) is 13.2 Å². The molecule has 94 valence electrons. The van der Waals surface area contributed by atoms with Crippen molar-refractivity contribution in [3.63, 3.8) is 0 Å². The molecule has 1 heterocycles. The second-order valence-corrected chi connectivity index (χ2v) is 4.67. The average Bonchev–Trinajstić information content (AvgIpc) is 2.32. The van der Waals surface area contributed by atoms with Crippen LogP contribution in [0.25, 0.3) is 0 Å². The van der Waals surface area contributed by atoms with Crippen LogP contribution in [-0.2, 0) is 0 Å². The summed E-state index contributed by atoms with van der Waals surface area (Å²) >= 11 is 0. The topological polar surface area (TPSA) is 38.5 Å². The number of nitrogens with zero attached hydrogens (tertiary/aromatic N) is 1. The van der Waals surface area contributed by atoms with Gasteiger partial charge in [0.2, 0.25) is 0 Å². The van der Waals surface area contributed by atoms with Crippen molar-refractivity contribution < 1.29 is 9.13 Å². The van der Waals surface area contributed by atoms with Crippen LogP contribution in [0.3, 0.4) is 0 Å². The number of likely N-dealkylation sites (tertiary alicyclic amines) is 1. The Kier molecular flexibility index (Phi) is 3.64. The molecule has 0 radical (unpaired) electrons. The lowest BCUT2D eigenvalue weighted by molar-refractivity contribution is 0.168. The number of halogens is 1. The van der Waals surface area contributed by atoms with Crippen molar-refractivity contribution in [2.45, 2.75) is 24.9 Å². The Morgan fingerprint density at radius 3 is 2.88 bits per heavy atom. The SMILES string of the molecule is COc1ccc(C2CC(N)CCN2C)c(F)c1. The number of methoxy groups -OCH3 is 1. The van der Waals surface area contributed by atoms with E-state index in [1.807, 2.05) is 7.05 Å². The molecule has 1 aliphatic rings. The number of ether oxygens (including phenoxy) is 1. The smallest absolute Gasteiger partial charge is 0.131 e. The first-order valence-electron chi connectivity index (χ1n) is 5.91. The molecule has 1 fully saturated rings. The van der Waals surface area contributed by atoms with Crippen molar-refractivity contribution in [2.75, 3.05) is 20.7 Å². The van der Waals surface area contributed by atoms with Crippen molar-refractivity contribution in [3.05, 3.63) is 29.6 Å². The zero-order valence-corrected chi connectivity index (χ0v) is 10.3. The highest BCUT2D eigenvalue weighted by Gasteiger charge is 2.27. The largest absolute Gasteiger partial charge is 0.497 e. The molecule has 1 aromatic carbocycles. The van der Waals surface area contributed by atoms with Crippen molar-refractivity contribution in [1.82, 2.24) is 4.90 Å². The fraction of sp³-hybridized carbons (Fsp3) is 0.538. The molecule has 2 rings (SSSR count). The second kappa shape index (κ2) is 5.02. The van der Waals surface area contributed by atoms with Crippen LogP contribution in [0.5, 0.6) is 5.75 Å². The highest BCUT2D eigenvalue weighted by Crippen LogP contribution is 2.32. The predicted octanol–water partition coefficient (Wildman–Crippen LogP) is 1.93. The quantitative estimate of drug-likeness (QED) is 0.855. The summed E-state index contributed by atoms with van der Waals surface area (Å²) in [5.41, 5.74) is 6.67. The third-order valence-corrected chi connectivity index (χ3v) is 3.48. The molecule has 0 saturated carbocycles. The molecule has 2 unspecified atom stereocenters. The number of hydrogen-bond acceptors (Lipinski definition) is 3. The lowest BCUT2D eigenvalue weighted by atomic mass is 9.92. The Labute approximate surface area is 101 Å². The fourth-order valence-corrected chi connectivity index (χ4v) is 2.38. The third kappa shape index (κ3) is 2.58. The molecule has 1 saturated heterocycles.